The summed E-state index contributed by atoms with van der Waals surface area (Å²) in [6.07, 6.45) is 4.08. The Morgan fingerprint density at radius 2 is 1.59 bits per heavy atom. The highest BCUT2D eigenvalue weighted by Gasteiger charge is 2.48. The number of nitrogens with one attached hydrogen (secondary N) is 1. The first-order valence-electron chi connectivity index (χ1n) is 13.4. The summed E-state index contributed by atoms with van der Waals surface area (Å²) in [5.41, 5.74) is 5.11. The standard InChI is InChI=1S/C33H27F2N3O3/c1-18-12-19(2)25(27(39)15-33(10-11-33)32-37-16-23(35)17-38-32)14-24(18)21-6-9-28-26(13-21)29(31(40)36-3)30(41-28)20-4-7-22(34)8-5-20/h4-9,12-14,16-17H,10-11,15H2,1-3H3,(H,36,40). The second-order valence-electron chi connectivity index (χ2n) is 10.7. The number of fused-ring (bicyclic) bond motifs is 1. The van der Waals surface area contributed by atoms with Crippen LogP contribution in [0.4, 0.5) is 8.78 Å². The van der Waals surface area contributed by atoms with E-state index in [1.54, 1.807) is 25.2 Å². The van der Waals surface area contributed by atoms with Crippen molar-refractivity contribution in [3.63, 3.8) is 0 Å². The monoisotopic (exact) mass is 551 g/mol. The third-order valence-electron chi connectivity index (χ3n) is 7.88. The van der Waals surface area contributed by atoms with E-state index in [0.29, 0.717) is 39.2 Å². The summed E-state index contributed by atoms with van der Waals surface area (Å²) in [6, 6.07) is 15.3. The molecule has 1 fully saturated rings. The van der Waals surface area contributed by atoms with Gasteiger partial charge in [-0.2, -0.15) is 0 Å². The van der Waals surface area contributed by atoms with Crippen LogP contribution in [0.25, 0.3) is 33.4 Å². The first-order valence-corrected chi connectivity index (χ1v) is 13.4. The van der Waals surface area contributed by atoms with E-state index >= 15 is 0 Å². The fourth-order valence-corrected chi connectivity index (χ4v) is 5.50. The summed E-state index contributed by atoms with van der Waals surface area (Å²) in [7, 11) is 1.55. The fourth-order valence-electron chi connectivity index (χ4n) is 5.50. The van der Waals surface area contributed by atoms with Gasteiger partial charge < -0.3 is 9.73 Å². The van der Waals surface area contributed by atoms with Crippen molar-refractivity contribution in [2.75, 3.05) is 7.05 Å². The van der Waals surface area contributed by atoms with Crippen LogP contribution in [0.5, 0.6) is 0 Å². The Labute approximate surface area is 235 Å². The van der Waals surface area contributed by atoms with Crippen LogP contribution < -0.4 is 5.32 Å². The van der Waals surface area contributed by atoms with E-state index in [0.717, 1.165) is 47.5 Å². The molecule has 41 heavy (non-hydrogen) atoms. The zero-order chi connectivity index (χ0) is 28.9. The molecule has 0 bridgehead atoms. The van der Waals surface area contributed by atoms with Gasteiger partial charge >= 0.3 is 0 Å². The van der Waals surface area contributed by atoms with E-state index in [1.165, 1.54) is 12.1 Å². The van der Waals surface area contributed by atoms with Gasteiger partial charge in [0.05, 0.1) is 18.0 Å². The van der Waals surface area contributed by atoms with Crippen molar-refractivity contribution in [3.8, 4) is 22.5 Å². The van der Waals surface area contributed by atoms with Crippen LogP contribution in [0.3, 0.4) is 0 Å². The van der Waals surface area contributed by atoms with Crippen LogP contribution in [0.2, 0.25) is 0 Å². The number of ketones is 1. The van der Waals surface area contributed by atoms with E-state index < -0.39 is 11.2 Å². The summed E-state index contributed by atoms with van der Waals surface area (Å²) >= 11 is 0. The SMILES string of the molecule is CNC(=O)c1c(-c2ccc(F)cc2)oc2ccc(-c3cc(C(=O)CC4(c5ncc(F)cn5)CC4)c(C)cc3C)cc12. The van der Waals surface area contributed by atoms with Gasteiger partial charge in [-0.05, 0) is 91.4 Å². The van der Waals surface area contributed by atoms with Crippen LogP contribution in [0.1, 0.15) is 56.9 Å². The molecular formula is C33H27F2N3O3. The molecule has 0 atom stereocenters. The highest BCUT2D eigenvalue weighted by molar-refractivity contribution is 6.12. The largest absolute Gasteiger partial charge is 0.455 e. The number of benzene rings is 3. The van der Waals surface area contributed by atoms with Crippen LogP contribution in [-0.4, -0.2) is 28.7 Å². The molecule has 0 spiro atoms. The molecule has 1 aliphatic carbocycles. The molecule has 2 aromatic heterocycles. The number of rotatable bonds is 7. The molecule has 1 amide bonds. The number of carbonyl (C=O) groups excluding carboxylic acids is 2. The van der Waals surface area contributed by atoms with E-state index in [1.807, 2.05) is 38.1 Å². The smallest absolute Gasteiger partial charge is 0.255 e. The van der Waals surface area contributed by atoms with Crippen molar-refractivity contribution < 1.29 is 22.8 Å². The lowest BCUT2D eigenvalue weighted by atomic mass is 9.88. The third kappa shape index (κ3) is 4.79. The van der Waals surface area contributed by atoms with E-state index in [9.17, 15) is 18.4 Å². The molecule has 5 aromatic rings. The number of aromatic nitrogens is 2. The Morgan fingerprint density at radius 3 is 2.24 bits per heavy atom. The minimum absolute atomic E-state index is 0.0248. The van der Waals surface area contributed by atoms with Gasteiger partial charge in [-0.15, -0.1) is 0 Å². The Hall–Kier alpha value is -4.72. The third-order valence-corrected chi connectivity index (χ3v) is 7.88. The quantitative estimate of drug-likeness (QED) is 0.218. The molecule has 8 heteroatoms. The minimum Gasteiger partial charge on any atom is -0.455 e. The first-order chi connectivity index (χ1) is 19.7. The molecule has 6 nitrogen and oxygen atoms in total. The van der Waals surface area contributed by atoms with Crippen molar-refractivity contribution >= 4 is 22.7 Å². The number of hydrogen-bond donors (Lipinski definition) is 1. The number of hydrogen-bond acceptors (Lipinski definition) is 5. The Kier molecular flexibility index (Phi) is 6.49. The lowest BCUT2D eigenvalue weighted by Crippen LogP contribution is -2.18. The number of Topliss-reactive ketones (excluding diaryl/α,β-unsaturated/α-hetero) is 1. The topological polar surface area (TPSA) is 85.1 Å². The Balaban J connectivity index is 1.40. The maximum Gasteiger partial charge on any atom is 0.255 e. The van der Waals surface area contributed by atoms with Crippen LogP contribution in [0.15, 0.2) is 71.4 Å². The molecule has 1 N–H and O–H groups in total. The lowest BCUT2D eigenvalue weighted by molar-refractivity contribution is 0.0958. The second-order valence-corrected chi connectivity index (χ2v) is 10.7. The zero-order valence-corrected chi connectivity index (χ0v) is 22.8. The molecule has 1 aliphatic rings. The highest BCUT2D eigenvalue weighted by Crippen LogP contribution is 2.50. The number of furan rings is 1. The van der Waals surface area contributed by atoms with Gasteiger partial charge in [0.25, 0.3) is 5.91 Å². The molecule has 6 rings (SSSR count). The summed E-state index contributed by atoms with van der Waals surface area (Å²) in [5, 5.41) is 3.29. The van der Waals surface area contributed by atoms with Crippen molar-refractivity contribution in [2.45, 2.75) is 38.5 Å². The van der Waals surface area contributed by atoms with Crippen LogP contribution in [0, 0.1) is 25.5 Å². The van der Waals surface area contributed by atoms with Crippen molar-refractivity contribution in [1.82, 2.24) is 15.3 Å². The van der Waals surface area contributed by atoms with Crippen LogP contribution in [-0.2, 0) is 5.41 Å². The molecule has 206 valence electrons. The maximum absolute atomic E-state index is 13.6. The lowest BCUT2D eigenvalue weighted by Gasteiger charge is -2.16. The molecule has 0 aliphatic heterocycles. The fraction of sp³-hybridized carbons (Fsp3) is 0.212. The van der Waals surface area contributed by atoms with E-state index in [-0.39, 0.29) is 23.9 Å². The van der Waals surface area contributed by atoms with Gasteiger partial charge in [-0.1, -0.05) is 12.1 Å². The Morgan fingerprint density at radius 1 is 0.902 bits per heavy atom. The zero-order valence-electron chi connectivity index (χ0n) is 22.8. The summed E-state index contributed by atoms with van der Waals surface area (Å²) in [5.74, 6) is -0.384. The normalized spacial score (nSPS) is 13.8. The number of halogens is 2. The van der Waals surface area contributed by atoms with Crippen LogP contribution >= 0.6 is 0 Å². The van der Waals surface area contributed by atoms with Gasteiger partial charge in [0.15, 0.2) is 11.6 Å². The Bertz CT molecular complexity index is 1820. The second kappa shape index (κ2) is 10.0. The van der Waals surface area contributed by atoms with Gasteiger partial charge in [0, 0.05) is 35.4 Å². The van der Waals surface area contributed by atoms with Gasteiger partial charge in [0.1, 0.15) is 23.0 Å². The van der Waals surface area contributed by atoms with Crippen molar-refractivity contribution in [1.29, 1.82) is 0 Å². The molecule has 1 saturated carbocycles. The van der Waals surface area contributed by atoms with Gasteiger partial charge in [0.2, 0.25) is 0 Å². The molecule has 2 heterocycles. The number of carbonyl (C=O) groups is 2. The van der Waals surface area contributed by atoms with Crippen molar-refractivity contribution in [2.24, 2.45) is 0 Å². The summed E-state index contributed by atoms with van der Waals surface area (Å²) in [4.78, 5) is 34.9. The summed E-state index contributed by atoms with van der Waals surface area (Å²) < 4.78 is 33.0. The van der Waals surface area contributed by atoms with Gasteiger partial charge in [-0.25, -0.2) is 18.7 Å². The summed E-state index contributed by atoms with van der Waals surface area (Å²) in [6.45, 7) is 3.89. The first kappa shape index (κ1) is 26.5. The van der Waals surface area contributed by atoms with E-state index in [4.69, 9.17) is 4.42 Å². The number of nitrogens with zero attached hydrogens (tertiary/aromatic N) is 2. The number of aryl methyl sites for hydroxylation is 2. The molecule has 3 aromatic carbocycles. The predicted octanol–water partition coefficient (Wildman–Crippen LogP) is 7.12. The highest BCUT2D eigenvalue weighted by atomic mass is 19.1. The maximum atomic E-state index is 13.6. The average Bonchev–Trinajstić information content (AvgIpc) is 3.64. The molecule has 0 radical (unpaired) electrons. The van der Waals surface area contributed by atoms with Crippen molar-refractivity contribution in [3.05, 3.63) is 107 Å². The number of amides is 1. The van der Waals surface area contributed by atoms with E-state index in [2.05, 4.69) is 15.3 Å². The predicted molar refractivity (Wildman–Crippen MR) is 152 cm³/mol. The van der Waals surface area contributed by atoms with Gasteiger partial charge in [-0.3, -0.25) is 9.59 Å². The average molecular weight is 552 g/mol. The minimum atomic E-state index is -0.506. The molecule has 0 unspecified atom stereocenters. The molecule has 0 saturated heterocycles. The molecular weight excluding hydrogens is 524 g/mol.